The Hall–Kier alpha value is -2.13. The lowest BCUT2D eigenvalue weighted by molar-refractivity contribution is -0.0512. The van der Waals surface area contributed by atoms with Crippen LogP contribution in [0.25, 0.3) is 0 Å². The Morgan fingerprint density at radius 2 is 1.94 bits per heavy atom. The van der Waals surface area contributed by atoms with Gasteiger partial charge in [-0.15, -0.1) is 0 Å². The molecule has 1 saturated heterocycles. The number of alkyl halides is 2. The number of guanidine groups is 1. The zero-order chi connectivity index (χ0) is 22.6. The molecule has 31 heavy (non-hydrogen) atoms. The highest BCUT2D eigenvalue weighted by Gasteiger charge is 2.22. The zero-order valence-corrected chi connectivity index (χ0v) is 19.0. The number of ether oxygens (including phenoxy) is 3. The van der Waals surface area contributed by atoms with Gasteiger partial charge in [-0.1, -0.05) is 19.9 Å². The fourth-order valence-corrected chi connectivity index (χ4v) is 3.58. The number of nitrogens with one attached hydrogen (secondary N) is 2. The molecule has 0 aliphatic carbocycles. The van der Waals surface area contributed by atoms with E-state index in [0.29, 0.717) is 24.5 Å². The molecule has 0 radical (unpaired) electrons. The Kier molecular flexibility index (Phi) is 10.8. The first kappa shape index (κ1) is 25.1. The normalized spacial score (nSPS) is 16.5. The summed E-state index contributed by atoms with van der Waals surface area (Å²) in [6.07, 6.45) is 1.08. The van der Waals surface area contributed by atoms with Crippen LogP contribution in [-0.2, 0) is 11.3 Å². The maximum absolute atomic E-state index is 12.7. The van der Waals surface area contributed by atoms with Crippen molar-refractivity contribution in [2.45, 2.75) is 46.4 Å². The van der Waals surface area contributed by atoms with Crippen LogP contribution in [0.2, 0.25) is 0 Å². The minimum atomic E-state index is -2.91. The van der Waals surface area contributed by atoms with Gasteiger partial charge in [-0.3, -0.25) is 4.90 Å². The van der Waals surface area contributed by atoms with Crippen molar-refractivity contribution in [1.29, 1.82) is 0 Å². The Labute approximate surface area is 184 Å². The van der Waals surface area contributed by atoms with E-state index < -0.39 is 6.61 Å². The fraction of sp³-hybridized carbons (Fsp3) is 0.682. The topological polar surface area (TPSA) is 67.4 Å². The highest BCUT2D eigenvalue weighted by molar-refractivity contribution is 5.79. The largest absolute Gasteiger partial charge is 0.493 e. The van der Waals surface area contributed by atoms with E-state index in [9.17, 15) is 8.78 Å². The van der Waals surface area contributed by atoms with Crippen LogP contribution in [0.15, 0.2) is 23.2 Å². The monoisotopic (exact) mass is 442 g/mol. The number of nitrogens with zero attached hydrogens (tertiary/aromatic N) is 2. The summed E-state index contributed by atoms with van der Waals surface area (Å²) >= 11 is 0. The molecule has 2 N–H and O–H groups in total. The molecule has 0 aromatic heterocycles. The highest BCUT2D eigenvalue weighted by Crippen LogP contribution is 2.29. The summed E-state index contributed by atoms with van der Waals surface area (Å²) in [5.74, 6) is 1.55. The van der Waals surface area contributed by atoms with Crippen molar-refractivity contribution in [3.63, 3.8) is 0 Å². The van der Waals surface area contributed by atoms with Gasteiger partial charge in [0.15, 0.2) is 17.5 Å². The van der Waals surface area contributed by atoms with Gasteiger partial charge in [-0.2, -0.15) is 8.78 Å². The lowest BCUT2D eigenvalue weighted by Crippen LogP contribution is -2.51. The van der Waals surface area contributed by atoms with E-state index in [1.807, 2.05) is 6.92 Å². The highest BCUT2D eigenvalue weighted by atomic mass is 19.3. The Morgan fingerprint density at radius 3 is 2.55 bits per heavy atom. The second kappa shape index (κ2) is 13.3. The molecule has 0 bridgehead atoms. The summed E-state index contributed by atoms with van der Waals surface area (Å²) in [5.41, 5.74) is 0.751. The second-order valence-electron chi connectivity index (χ2n) is 7.87. The van der Waals surface area contributed by atoms with Gasteiger partial charge in [-0.05, 0) is 37.0 Å². The molecule has 1 atom stereocenters. The van der Waals surface area contributed by atoms with Crippen LogP contribution >= 0.6 is 0 Å². The first-order valence-electron chi connectivity index (χ1n) is 10.9. The summed E-state index contributed by atoms with van der Waals surface area (Å²) in [6.45, 7) is 8.78. The first-order chi connectivity index (χ1) is 14.9. The van der Waals surface area contributed by atoms with Gasteiger partial charge in [0.1, 0.15) is 0 Å². The minimum absolute atomic E-state index is 0.00692. The molecule has 1 aromatic carbocycles. The molecule has 0 saturated carbocycles. The molecular weight excluding hydrogens is 406 g/mol. The first-order valence-corrected chi connectivity index (χ1v) is 10.9. The van der Waals surface area contributed by atoms with Crippen molar-refractivity contribution >= 4 is 5.96 Å². The quantitative estimate of drug-likeness (QED) is 0.406. The molecule has 0 spiro atoms. The number of rotatable bonds is 11. The summed E-state index contributed by atoms with van der Waals surface area (Å²) < 4.78 is 40.5. The van der Waals surface area contributed by atoms with Crippen molar-refractivity contribution in [2.24, 2.45) is 10.9 Å². The van der Waals surface area contributed by atoms with Crippen LogP contribution in [-0.4, -0.2) is 70.0 Å². The lowest BCUT2D eigenvalue weighted by atomic mass is 10.0. The third-order valence-corrected chi connectivity index (χ3v) is 5.02. The van der Waals surface area contributed by atoms with Crippen LogP contribution in [0.1, 0.15) is 32.8 Å². The number of methoxy groups -OCH3 is 1. The number of aliphatic imine (C=N–C) groups is 1. The molecule has 1 aliphatic rings. The maximum Gasteiger partial charge on any atom is 0.387 e. The summed E-state index contributed by atoms with van der Waals surface area (Å²) in [7, 11) is 1.42. The van der Waals surface area contributed by atoms with Crippen LogP contribution in [0.4, 0.5) is 8.78 Å². The van der Waals surface area contributed by atoms with Crippen molar-refractivity contribution in [2.75, 3.05) is 46.5 Å². The van der Waals surface area contributed by atoms with Gasteiger partial charge < -0.3 is 24.8 Å². The van der Waals surface area contributed by atoms with E-state index in [2.05, 4.69) is 39.1 Å². The molecular formula is C22H36F2N4O3. The molecule has 1 aromatic rings. The number of hydrogen-bond donors (Lipinski definition) is 2. The van der Waals surface area contributed by atoms with Gasteiger partial charge in [0.2, 0.25) is 0 Å². The van der Waals surface area contributed by atoms with Gasteiger partial charge in [0.25, 0.3) is 0 Å². The van der Waals surface area contributed by atoms with E-state index in [1.54, 1.807) is 12.1 Å². The van der Waals surface area contributed by atoms with E-state index in [0.717, 1.165) is 51.4 Å². The molecule has 176 valence electrons. The average Bonchev–Trinajstić information content (AvgIpc) is 2.74. The predicted molar refractivity (Wildman–Crippen MR) is 118 cm³/mol. The smallest absolute Gasteiger partial charge is 0.387 e. The molecule has 1 fully saturated rings. The van der Waals surface area contributed by atoms with E-state index in [4.69, 9.17) is 9.47 Å². The number of morpholine rings is 1. The van der Waals surface area contributed by atoms with Crippen LogP contribution in [0, 0.1) is 5.92 Å². The van der Waals surface area contributed by atoms with E-state index >= 15 is 0 Å². The Balaban J connectivity index is 2.04. The molecule has 1 aliphatic heterocycles. The second-order valence-corrected chi connectivity index (χ2v) is 7.87. The van der Waals surface area contributed by atoms with Crippen LogP contribution in [0.3, 0.4) is 0 Å². The number of benzene rings is 1. The SMILES string of the molecule is CCNC(=NCc1ccc(OC)c(OC(F)F)c1)NCC(CC(C)C)N1CCOCC1. The van der Waals surface area contributed by atoms with Gasteiger partial charge in [-0.25, -0.2) is 4.99 Å². The van der Waals surface area contributed by atoms with E-state index in [-0.39, 0.29) is 11.5 Å². The molecule has 1 heterocycles. The molecule has 1 unspecified atom stereocenters. The van der Waals surface area contributed by atoms with Crippen LogP contribution in [0.5, 0.6) is 11.5 Å². The predicted octanol–water partition coefficient (Wildman–Crippen LogP) is 3.10. The summed E-state index contributed by atoms with van der Waals surface area (Å²) in [4.78, 5) is 7.09. The third-order valence-electron chi connectivity index (χ3n) is 5.02. The minimum Gasteiger partial charge on any atom is -0.493 e. The number of hydrogen-bond acceptors (Lipinski definition) is 5. The van der Waals surface area contributed by atoms with Crippen molar-refractivity contribution in [1.82, 2.24) is 15.5 Å². The van der Waals surface area contributed by atoms with Crippen molar-refractivity contribution in [3.05, 3.63) is 23.8 Å². The van der Waals surface area contributed by atoms with Crippen LogP contribution < -0.4 is 20.1 Å². The summed E-state index contributed by atoms with van der Waals surface area (Å²) in [6, 6.07) is 5.33. The number of halogens is 2. The van der Waals surface area contributed by atoms with Crippen molar-refractivity contribution in [3.8, 4) is 11.5 Å². The van der Waals surface area contributed by atoms with E-state index in [1.165, 1.54) is 13.2 Å². The third kappa shape index (κ3) is 8.86. The lowest BCUT2D eigenvalue weighted by Gasteiger charge is -2.35. The molecule has 0 amide bonds. The zero-order valence-electron chi connectivity index (χ0n) is 19.0. The fourth-order valence-electron chi connectivity index (χ4n) is 3.58. The summed E-state index contributed by atoms with van der Waals surface area (Å²) in [5, 5.41) is 6.70. The maximum atomic E-state index is 12.7. The van der Waals surface area contributed by atoms with Gasteiger partial charge in [0, 0.05) is 32.2 Å². The molecule has 9 heteroatoms. The average molecular weight is 443 g/mol. The van der Waals surface area contributed by atoms with Crippen molar-refractivity contribution < 1.29 is 23.0 Å². The van der Waals surface area contributed by atoms with Gasteiger partial charge >= 0.3 is 6.61 Å². The Bertz CT molecular complexity index is 683. The Morgan fingerprint density at radius 1 is 1.19 bits per heavy atom. The van der Waals surface area contributed by atoms with Gasteiger partial charge in [0.05, 0.1) is 26.9 Å². The molecule has 2 rings (SSSR count). The molecule has 7 nitrogen and oxygen atoms in total. The standard InChI is InChI=1S/C22H36F2N4O3/c1-5-25-22(27-15-18(12-16(2)3)28-8-10-30-11-9-28)26-14-17-6-7-19(29-4)20(13-17)31-21(23)24/h6-7,13,16,18,21H,5,8-12,14-15H2,1-4H3,(H2,25,26,27).